The third-order valence-electron chi connectivity index (χ3n) is 4.46. The van der Waals surface area contributed by atoms with Crippen LogP contribution in [0.1, 0.15) is 42.3 Å². The summed E-state index contributed by atoms with van der Waals surface area (Å²) < 4.78 is 21.0. The van der Waals surface area contributed by atoms with Crippen LogP contribution in [0, 0.1) is 17.7 Å². The van der Waals surface area contributed by atoms with Crippen molar-refractivity contribution >= 4 is 24.3 Å². The lowest BCUT2D eigenvalue weighted by Gasteiger charge is -2.34. The minimum Gasteiger partial charge on any atom is -0.444 e. The Labute approximate surface area is 186 Å². The van der Waals surface area contributed by atoms with Crippen molar-refractivity contribution in [2.24, 2.45) is 0 Å². The van der Waals surface area contributed by atoms with Crippen molar-refractivity contribution in [3.05, 3.63) is 65.0 Å². The van der Waals surface area contributed by atoms with E-state index in [0.29, 0.717) is 30.5 Å². The van der Waals surface area contributed by atoms with Crippen LogP contribution in [-0.2, 0) is 4.74 Å². The van der Waals surface area contributed by atoms with E-state index >= 15 is 0 Å². The molecule has 0 aliphatic carbocycles. The molecule has 2 aromatic carbocycles. The number of carbonyl (C=O) groups is 2. The molecule has 0 bridgehead atoms. The second kappa shape index (κ2) is 9.99. The van der Waals surface area contributed by atoms with Crippen LogP contribution in [0.2, 0.25) is 0 Å². The minimum atomic E-state index is -0.489. The molecule has 5 nitrogen and oxygen atoms in total. The van der Waals surface area contributed by atoms with E-state index in [4.69, 9.17) is 4.74 Å². The van der Waals surface area contributed by atoms with Crippen LogP contribution in [0.5, 0.6) is 0 Å². The van der Waals surface area contributed by atoms with E-state index in [1.54, 1.807) is 16.8 Å². The van der Waals surface area contributed by atoms with Gasteiger partial charge in [-0.3, -0.25) is 4.79 Å². The summed E-state index contributed by atoms with van der Waals surface area (Å²) >= 11 is 1.63. The molecule has 0 radical (unpaired) electrons. The van der Waals surface area contributed by atoms with Crippen LogP contribution < -0.4 is 0 Å². The molecule has 0 N–H and O–H groups in total. The van der Waals surface area contributed by atoms with Gasteiger partial charge >= 0.3 is 6.09 Å². The number of hydrogen-bond acceptors (Lipinski definition) is 5. The van der Waals surface area contributed by atoms with Gasteiger partial charge in [0.15, 0.2) is 6.29 Å². The first kappa shape index (κ1) is 22.9. The van der Waals surface area contributed by atoms with Gasteiger partial charge in [0.1, 0.15) is 11.4 Å². The van der Waals surface area contributed by atoms with E-state index in [-0.39, 0.29) is 6.09 Å². The van der Waals surface area contributed by atoms with Crippen LogP contribution >= 0.6 is 11.9 Å². The summed E-state index contributed by atoms with van der Waals surface area (Å²) in [7, 11) is 0. The van der Waals surface area contributed by atoms with E-state index in [1.807, 2.05) is 45.0 Å². The topological polar surface area (TPSA) is 49.9 Å². The molecule has 0 spiro atoms. The number of halogens is 1. The first-order chi connectivity index (χ1) is 14.7. The lowest BCUT2D eigenvalue weighted by molar-refractivity contribution is 0.0197. The molecule has 0 aromatic heterocycles. The van der Waals surface area contributed by atoms with Crippen LogP contribution in [-0.4, -0.2) is 53.4 Å². The molecular weight excluding hydrogens is 415 g/mol. The maximum Gasteiger partial charge on any atom is 0.410 e. The molecule has 2 aromatic rings. The van der Waals surface area contributed by atoms with Crippen molar-refractivity contribution in [2.45, 2.75) is 31.3 Å². The maximum atomic E-state index is 13.4. The highest BCUT2D eigenvalue weighted by molar-refractivity contribution is 7.97. The van der Waals surface area contributed by atoms with Crippen molar-refractivity contribution in [3.63, 3.8) is 0 Å². The van der Waals surface area contributed by atoms with Crippen molar-refractivity contribution in [3.8, 4) is 11.8 Å². The van der Waals surface area contributed by atoms with Gasteiger partial charge in [0, 0.05) is 47.8 Å². The highest BCUT2D eigenvalue weighted by atomic mass is 32.2. The molecule has 1 aliphatic rings. The van der Waals surface area contributed by atoms with Crippen molar-refractivity contribution in [2.75, 3.05) is 26.2 Å². The molecule has 31 heavy (non-hydrogen) atoms. The van der Waals surface area contributed by atoms with Crippen LogP contribution in [0.4, 0.5) is 9.18 Å². The number of carbonyl (C=O) groups excluding carboxylic acids is 2. The Morgan fingerprint density at radius 1 is 1.06 bits per heavy atom. The predicted molar refractivity (Wildman–Crippen MR) is 119 cm³/mol. The number of hydrogen-bond donors (Lipinski definition) is 0. The Kier molecular flexibility index (Phi) is 7.37. The number of nitrogens with zero attached hydrogens (tertiary/aromatic N) is 2. The highest BCUT2D eigenvalue weighted by Crippen LogP contribution is 2.24. The number of rotatable bonds is 3. The Bertz CT molecular complexity index is 998. The Balaban J connectivity index is 1.55. The van der Waals surface area contributed by atoms with Crippen molar-refractivity contribution < 1.29 is 18.7 Å². The van der Waals surface area contributed by atoms with E-state index < -0.39 is 11.4 Å². The van der Waals surface area contributed by atoms with E-state index in [0.717, 1.165) is 23.5 Å². The Morgan fingerprint density at radius 2 is 1.74 bits per heavy atom. The predicted octanol–water partition coefficient (Wildman–Crippen LogP) is 4.60. The summed E-state index contributed by atoms with van der Waals surface area (Å²) in [6.45, 7) is 8.34. The second-order valence-corrected chi connectivity index (χ2v) is 9.28. The molecule has 1 saturated heterocycles. The van der Waals surface area contributed by atoms with E-state index in [9.17, 15) is 14.0 Å². The molecule has 0 saturated carbocycles. The van der Waals surface area contributed by atoms with Gasteiger partial charge in [-0.05, 0) is 75.2 Å². The second-order valence-electron chi connectivity index (χ2n) is 8.11. The molecule has 7 heteroatoms. The molecule has 162 valence electrons. The molecule has 3 rings (SSSR count). The molecule has 1 aliphatic heterocycles. The van der Waals surface area contributed by atoms with Gasteiger partial charge < -0.3 is 9.64 Å². The molecule has 1 amide bonds. The van der Waals surface area contributed by atoms with Crippen molar-refractivity contribution in [1.29, 1.82) is 0 Å². The van der Waals surface area contributed by atoms with E-state index in [2.05, 4.69) is 16.1 Å². The standard InChI is InChI=1S/C24H25FN2O3S/c1-24(2,3)30-23(29)26-12-14-27(15-13-26)31-22-10-5-18(6-11-22)4-7-19-16-21(25)9-8-20(19)17-28/h5-6,8-11,16-17H,12-15H2,1-3H3. The summed E-state index contributed by atoms with van der Waals surface area (Å²) in [5.74, 6) is 5.42. The number of ether oxygens (including phenoxy) is 1. The SMILES string of the molecule is CC(C)(C)OC(=O)N1CCN(Sc2ccc(C#Cc3cc(F)ccc3C=O)cc2)CC1. The highest BCUT2D eigenvalue weighted by Gasteiger charge is 2.26. The van der Waals surface area contributed by atoms with Gasteiger partial charge in [-0.25, -0.2) is 13.5 Å². The number of aldehydes is 1. The van der Waals surface area contributed by atoms with Gasteiger partial charge in [0.05, 0.1) is 0 Å². The van der Waals surface area contributed by atoms with Crippen LogP contribution in [0.15, 0.2) is 47.4 Å². The monoisotopic (exact) mass is 440 g/mol. The normalized spacial score (nSPS) is 14.5. The summed E-state index contributed by atoms with van der Waals surface area (Å²) in [5.41, 5.74) is 1.03. The Hall–Kier alpha value is -2.82. The van der Waals surface area contributed by atoms with Gasteiger partial charge in [-0.1, -0.05) is 11.8 Å². The fraction of sp³-hybridized carbons (Fsp3) is 0.333. The molecule has 0 atom stereocenters. The maximum absolute atomic E-state index is 13.4. The van der Waals surface area contributed by atoms with Gasteiger partial charge in [0.25, 0.3) is 0 Å². The van der Waals surface area contributed by atoms with Gasteiger partial charge in [-0.15, -0.1) is 0 Å². The van der Waals surface area contributed by atoms with Crippen molar-refractivity contribution in [1.82, 2.24) is 9.21 Å². The average Bonchev–Trinajstić information content (AvgIpc) is 2.72. The number of benzene rings is 2. The first-order valence-corrected chi connectivity index (χ1v) is 10.8. The smallest absolute Gasteiger partial charge is 0.410 e. The molecule has 0 unspecified atom stereocenters. The van der Waals surface area contributed by atoms with Gasteiger partial charge in [-0.2, -0.15) is 0 Å². The van der Waals surface area contributed by atoms with Crippen LogP contribution in [0.3, 0.4) is 0 Å². The lowest BCUT2D eigenvalue weighted by Crippen LogP contribution is -2.47. The fourth-order valence-corrected chi connectivity index (χ4v) is 3.82. The summed E-state index contributed by atoms with van der Waals surface area (Å²) in [6.07, 6.45) is 0.405. The number of piperazine rings is 1. The molecule has 1 heterocycles. The minimum absolute atomic E-state index is 0.267. The summed E-state index contributed by atoms with van der Waals surface area (Å²) in [5, 5.41) is 0. The fourth-order valence-electron chi connectivity index (χ4n) is 2.92. The quantitative estimate of drug-likeness (QED) is 0.397. The Morgan fingerprint density at radius 3 is 2.35 bits per heavy atom. The lowest BCUT2D eigenvalue weighted by atomic mass is 10.1. The zero-order valence-corrected chi connectivity index (χ0v) is 18.7. The average molecular weight is 441 g/mol. The summed E-state index contributed by atoms with van der Waals surface area (Å²) in [4.78, 5) is 26.0. The van der Waals surface area contributed by atoms with E-state index in [1.165, 1.54) is 18.2 Å². The van der Waals surface area contributed by atoms with Gasteiger partial charge in [0.2, 0.25) is 0 Å². The third-order valence-corrected chi connectivity index (χ3v) is 5.57. The zero-order valence-electron chi connectivity index (χ0n) is 17.9. The molecule has 1 fully saturated rings. The summed E-state index contributed by atoms with van der Waals surface area (Å²) in [6, 6.07) is 11.7. The van der Waals surface area contributed by atoms with Crippen LogP contribution in [0.25, 0.3) is 0 Å². The zero-order chi connectivity index (χ0) is 22.4. The molecular formula is C24H25FN2O3S. The first-order valence-electron chi connectivity index (χ1n) is 10.0. The number of amides is 1. The largest absolute Gasteiger partial charge is 0.444 e. The third kappa shape index (κ3) is 6.84.